The smallest absolute Gasteiger partial charge is 0.225 e. The largest absolute Gasteiger partial charge is 0.497 e. The number of nitrogens with zero attached hydrogens (tertiary/aromatic N) is 1. The fourth-order valence-corrected chi connectivity index (χ4v) is 2.51. The minimum Gasteiger partial charge on any atom is -0.497 e. The molecule has 0 fully saturated rings. The van der Waals surface area contributed by atoms with E-state index < -0.39 is 0 Å². The van der Waals surface area contributed by atoms with Crippen LogP contribution in [0.2, 0.25) is 0 Å². The number of aliphatic imine (C=N–C) groups is 1. The molecule has 3 rings (SSSR count). The molecule has 0 unspecified atom stereocenters. The molecule has 0 saturated heterocycles. The molecule has 0 spiro atoms. The van der Waals surface area contributed by atoms with Gasteiger partial charge in [-0.2, -0.15) is 0 Å². The van der Waals surface area contributed by atoms with Crippen LogP contribution >= 0.6 is 0 Å². The molecule has 148 valence electrons. The van der Waals surface area contributed by atoms with Crippen LogP contribution in [-0.2, 0) is 0 Å². The van der Waals surface area contributed by atoms with Gasteiger partial charge in [-0.05, 0) is 43.3 Å². The fourth-order valence-electron chi connectivity index (χ4n) is 2.51. The van der Waals surface area contributed by atoms with Gasteiger partial charge in [-0.15, -0.1) is 0 Å². The van der Waals surface area contributed by atoms with Crippen LogP contribution in [0.1, 0.15) is 6.92 Å². The van der Waals surface area contributed by atoms with E-state index in [4.69, 9.17) is 18.9 Å². The van der Waals surface area contributed by atoms with Crippen molar-refractivity contribution in [2.24, 2.45) is 4.99 Å². The van der Waals surface area contributed by atoms with Crippen molar-refractivity contribution in [3.63, 3.8) is 0 Å². The van der Waals surface area contributed by atoms with Crippen molar-refractivity contribution in [1.82, 2.24) is 0 Å². The zero-order valence-electron chi connectivity index (χ0n) is 16.7. The zero-order chi connectivity index (χ0) is 20.5. The Morgan fingerprint density at radius 2 is 1.45 bits per heavy atom. The van der Waals surface area contributed by atoms with E-state index >= 15 is 0 Å². The zero-order valence-corrected chi connectivity index (χ0v) is 16.7. The molecule has 29 heavy (non-hydrogen) atoms. The average molecular weight is 389 g/mol. The first kappa shape index (κ1) is 20.0. The summed E-state index contributed by atoms with van der Waals surface area (Å²) < 4.78 is 22.5. The van der Waals surface area contributed by atoms with E-state index in [0.29, 0.717) is 34.5 Å². The molecule has 0 aliphatic carbocycles. The number of ether oxygens (including phenoxy) is 4. The van der Waals surface area contributed by atoms with Gasteiger partial charge in [0.15, 0.2) is 11.5 Å². The van der Waals surface area contributed by atoms with E-state index in [-0.39, 0.29) is 0 Å². The lowest BCUT2D eigenvalue weighted by atomic mass is 10.3. The molecule has 0 bridgehead atoms. The number of benzene rings is 3. The average Bonchev–Trinajstić information content (AvgIpc) is 2.78. The second-order valence-corrected chi connectivity index (χ2v) is 6.10. The van der Waals surface area contributed by atoms with Gasteiger partial charge in [0.1, 0.15) is 11.5 Å². The molecule has 0 heterocycles. The Morgan fingerprint density at radius 1 is 0.759 bits per heavy atom. The summed E-state index contributed by atoms with van der Waals surface area (Å²) in [6, 6.07) is 24.4. The van der Waals surface area contributed by atoms with E-state index in [2.05, 4.69) is 4.99 Å². The van der Waals surface area contributed by atoms with Gasteiger partial charge in [0, 0.05) is 11.6 Å². The minimum atomic E-state index is 0.416. The highest BCUT2D eigenvalue weighted by Crippen LogP contribution is 2.27. The Morgan fingerprint density at radius 3 is 2.17 bits per heavy atom. The van der Waals surface area contributed by atoms with Crippen LogP contribution in [-0.4, -0.2) is 20.1 Å². The first-order valence-electron chi connectivity index (χ1n) is 9.12. The van der Waals surface area contributed by atoms with E-state index in [1.165, 1.54) is 0 Å². The van der Waals surface area contributed by atoms with E-state index in [0.717, 1.165) is 5.69 Å². The van der Waals surface area contributed by atoms with Gasteiger partial charge in [-0.3, -0.25) is 0 Å². The van der Waals surface area contributed by atoms with Crippen molar-refractivity contribution in [2.45, 2.75) is 6.92 Å². The Labute approximate surface area is 170 Å². The maximum absolute atomic E-state index is 6.06. The maximum atomic E-state index is 6.06. The summed E-state index contributed by atoms with van der Waals surface area (Å²) >= 11 is 0. The van der Waals surface area contributed by atoms with Gasteiger partial charge in [-0.1, -0.05) is 36.4 Å². The summed E-state index contributed by atoms with van der Waals surface area (Å²) in [5, 5.41) is 0. The lowest BCUT2D eigenvalue weighted by Crippen LogP contribution is -2.11. The summed E-state index contributed by atoms with van der Waals surface area (Å²) in [5.41, 5.74) is 1.48. The quantitative estimate of drug-likeness (QED) is 0.291. The van der Waals surface area contributed by atoms with Crippen molar-refractivity contribution in [1.29, 1.82) is 0 Å². The molecule has 0 aliphatic heterocycles. The van der Waals surface area contributed by atoms with Crippen LogP contribution < -0.4 is 18.9 Å². The van der Waals surface area contributed by atoms with Crippen molar-refractivity contribution >= 4 is 11.6 Å². The van der Waals surface area contributed by atoms with Crippen molar-refractivity contribution in [2.75, 3.05) is 14.2 Å². The summed E-state index contributed by atoms with van der Waals surface area (Å²) in [5.74, 6) is 2.98. The van der Waals surface area contributed by atoms with Gasteiger partial charge in [0.05, 0.1) is 26.2 Å². The van der Waals surface area contributed by atoms with Crippen molar-refractivity contribution in [3.05, 3.63) is 90.7 Å². The molecule has 0 atom stereocenters. The van der Waals surface area contributed by atoms with Crippen LogP contribution in [0, 0.1) is 0 Å². The monoisotopic (exact) mass is 389 g/mol. The Bertz CT molecular complexity index is 997. The topological polar surface area (TPSA) is 49.3 Å². The fraction of sp³-hybridized carbons (Fsp3) is 0.125. The van der Waals surface area contributed by atoms with Crippen LogP contribution in [0.5, 0.6) is 23.0 Å². The molecule has 0 N–H and O–H groups in total. The Hall–Kier alpha value is -3.73. The maximum Gasteiger partial charge on any atom is 0.225 e. The minimum absolute atomic E-state index is 0.416. The molecule has 3 aromatic carbocycles. The second-order valence-electron chi connectivity index (χ2n) is 6.10. The number of methoxy groups -OCH3 is 2. The highest BCUT2D eigenvalue weighted by atomic mass is 16.5. The molecule has 0 saturated carbocycles. The summed E-state index contributed by atoms with van der Waals surface area (Å²) in [4.78, 5) is 4.64. The molecule has 5 nitrogen and oxygen atoms in total. The molecule has 0 aromatic heterocycles. The summed E-state index contributed by atoms with van der Waals surface area (Å²) in [7, 11) is 3.22. The molecule has 0 aliphatic rings. The number of hydrogen-bond donors (Lipinski definition) is 0. The third-order valence-corrected chi connectivity index (χ3v) is 4.01. The molecule has 0 amide bonds. The van der Waals surface area contributed by atoms with Crippen LogP contribution in [0.15, 0.2) is 95.7 Å². The molecule has 3 aromatic rings. The SMILES string of the molecule is COc1cccc(O/C(=N/c2ccccc2)C(C)=COc2ccccc2OC)c1. The third-order valence-electron chi connectivity index (χ3n) is 4.01. The number of rotatable bonds is 7. The van der Waals surface area contributed by atoms with Gasteiger partial charge in [0.2, 0.25) is 5.90 Å². The molecule has 0 radical (unpaired) electrons. The van der Waals surface area contributed by atoms with Crippen LogP contribution in [0.3, 0.4) is 0 Å². The molecule has 5 heteroatoms. The highest BCUT2D eigenvalue weighted by Gasteiger charge is 2.09. The van der Waals surface area contributed by atoms with Crippen LogP contribution in [0.25, 0.3) is 0 Å². The molecular weight excluding hydrogens is 366 g/mol. The van der Waals surface area contributed by atoms with E-state index in [1.54, 1.807) is 26.5 Å². The first-order valence-corrected chi connectivity index (χ1v) is 9.12. The van der Waals surface area contributed by atoms with E-state index in [1.807, 2.05) is 79.7 Å². The second kappa shape index (κ2) is 9.99. The summed E-state index contributed by atoms with van der Waals surface area (Å²) in [6.45, 7) is 1.87. The van der Waals surface area contributed by atoms with Gasteiger partial charge in [0.25, 0.3) is 0 Å². The number of hydrogen-bond acceptors (Lipinski definition) is 5. The molecular formula is C24H23NO4. The Kier molecular flexibility index (Phi) is 6.90. The van der Waals surface area contributed by atoms with E-state index in [9.17, 15) is 0 Å². The predicted octanol–water partition coefficient (Wildman–Crippen LogP) is 5.80. The van der Waals surface area contributed by atoms with Gasteiger partial charge >= 0.3 is 0 Å². The standard InChI is InChI=1S/C24H23NO4/c1-18(17-28-23-15-8-7-14-22(23)27-3)24(25-19-10-5-4-6-11-19)29-21-13-9-12-20(16-21)26-2/h4-17H,1-3H3/b18-17?,25-24+. The van der Waals surface area contributed by atoms with Gasteiger partial charge < -0.3 is 18.9 Å². The van der Waals surface area contributed by atoms with Crippen molar-refractivity contribution < 1.29 is 18.9 Å². The first-order chi connectivity index (χ1) is 14.2. The highest BCUT2D eigenvalue weighted by molar-refractivity contribution is 5.96. The predicted molar refractivity (Wildman–Crippen MR) is 115 cm³/mol. The lowest BCUT2D eigenvalue weighted by Gasteiger charge is -2.12. The lowest BCUT2D eigenvalue weighted by molar-refractivity contribution is 0.377. The normalized spacial score (nSPS) is 11.7. The third kappa shape index (κ3) is 5.62. The van der Waals surface area contributed by atoms with Crippen molar-refractivity contribution in [3.8, 4) is 23.0 Å². The summed E-state index contributed by atoms with van der Waals surface area (Å²) in [6.07, 6.45) is 1.60. The van der Waals surface area contributed by atoms with Crippen LogP contribution in [0.4, 0.5) is 5.69 Å². The number of para-hydroxylation sites is 3. The Balaban J connectivity index is 1.90. The van der Waals surface area contributed by atoms with Gasteiger partial charge in [-0.25, -0.2) is 4.99 Å².